The lowest BCUT2D eigenvalue weighted by Gasteiger charge is -2.32. The molecular weight excluding hydrogens is 254 g/mol. The number of aromatic nitrogens is 2. The van der Waals surface area contributed by atoms with Gasteiger partial charge >= 0.3 is 0 Å². The molecule has 3 nitrogen and oxygen atoms in total. The van der Waals surface area contributed by atoms with Crippen LogP contribution in [0.2, 0.25) is 0 Å². The summed E-state index contributed by atoms with van der Waals surface area (Å²) in [6.45, 7) is 10.8. The molecule has 2 aromatic rings. The molecule has 2 rings (SSSR count). The van der Waals surface area contributed by atoms with E-state index in [1.165, 1.54) is 5.56 Å². The molecule has 0 radical (unpaired) electrons. The maximum Gasteiger partial charge on any atom is 0.166 e. The molecule has 19 heavy (non-hydrogen) atoms. The van der Waals surface area contributed by atoms with Crippen LogP contribution in [0.25, 0.3) is 11.0 Å². The van der Waals surface area contributed by atoms with Crippen LogP contribution in [0.3, 0.4) is 0 Å². The third-order valence-corrected chi connectivity index (χ3v) is 4.99. The van der Waals surface area contributed by atoms with Gasteiger partial charge in [0.05, 0.1) is 11.0 Å². The Morgan fingerprint density at radius 2 is 2.00 bits per heavy atom. The maximum atomic E-state index is 6.13. The summed E-state index contributed by atoms with van der Waals surface area (Å²) in [5.74, 6) is 0. The molecule has 4 heteroatoms. The van der Waals surface area contributed by atoms with E-state index in [9.17, 15) is 0 Å². The molecule has 0 saturated carbocycles. The van der Waals surface area contributed by atoms with Crippen molar-refractivity contribution in [2.24, 2.45) is 11.1 Å². The molecule has 1 heterocycles. The van der Waals surface area contributed by atoms with Crippen molar-refractivity contribution in [2.45, 2.75) is 51.1 Å². The second-order valence-corrected chi connectivity index (χ2v) is 7.46. The van der Waals surface area contributed by atoms with Crippen LogP contribution in [-0.4, -0.2) is 21.3 Å². The zero-order chi connectivity index (χ0) is 14.2. The molecule has 3 N–H and O–H groups in total. The number of nitrogens with two attached hydrogens (primary N) is 1. The van der Waals surface area contributed by atoms with E-state index >= 15 is 0 Å². The van der Waals surface area contributed by atoms with Crippen molar-refractivity contribution in [3.05, 3.63) is 23.8 Å². The highest BCUT2D eigenvalue weighted by Crippen LogP contribution is 2.36. The predicted octanol–water partition coefficient (Wildman–Crippen LogP) is 3.73. The zero-order valence-electron chi connectivity index (χ0n) is 12.3. The van der Waals surface area contributed by atoms with Crippen molar-refractivity contribution in [3.8, 4) is 0 Å². The second kappa shape index (κ2) is 5.17. The van der Waals surface area contributed by atoms with Crippen molar-refractivity contribution >= 4 is 22.8 Å². The number of rotatable bonds is 3. The summed E-state index contributed by atoms with van der Waals surface area (Å²) >= 11 is 1.74. The monoisotopic (exact) mass is 277 g/mol. The van der Waals surface area contributed by atoms with Crippen LogP contribution in [-0.2, 0) is 0 Å². The first-order valence-electron chi connectivity index (χ1n) is 6.66. The van der Waals surface area contributed by atoms with Crippen molar-refractivity contribution in [3.63, 3.8) is 0 Å². The fourth-order valence-corrected chi connectivity index (χ4v) is 3.48. The Balaban J connectivity index is 2.29. The van der Waals surface area contributed by atoms with Gasteiger partial charge in [0.25, 0.3) is 0 Å². The summed E-state index contributed by atoms with van der Waals surface area (Å²) in [4.78, 5) is 8.03. The molecular formula is C15H23N3S. The molecule has 104 valence electrons. The third kappa shape index (κ3) is 3.31. The normalized spacial score (nSPS) is 15.7. The Labute approximate surface area is 119 Å². The Hall–Kier alpha value is -1.00. The number of H-pyrrole nitrogens is 1. The largest absolute Gasteiger partial charge is 0.333 e. The molecule has 0 saturated heterocycles. The summed E-state index contributed by atoms with van der Waals surface area (Å²) in [6, 6.07) is 6.40. The molecule has 0 aliphatic heterocycles. The smallest absolute Gasteiger partial charge is 0.166 e. The van der Waals surface area contributed by atoms with E-state index < -0.39 is 0 Å². The third-order valence-electron chi connectivity index (χ3n) is 3.19. The Morgan fingerprint density at radius 1 is 1.32 bits per heavy atom. The molecule has 0 aliphatic rings. The summed E-state index contributed by atoms with van der Waals surface area (Å²) in [6.07, 6.45) is 0. The summed E-state index contributed by atoms with van der Waals surface area (Å²) in [7, 11) is 0. The lowest BCUT2D eigenvalue weighted by molar-refractivity contribution is 0.363. The van der Waals surface area contributed by atoms with Gasteiger partial charge in [-0.2, -0.15) is 0 Å². The van der Waals surface area contributed by atoms with Crippen molar-refractivity contribution in [1.82, 2.24) is 9.97 Å². The number of hydrogen-bond donors (Lipinski definition) is 2. The Bertz CT molecular complexity index is 566. The molecule has 0 aliphatic carbocycles. The highest BCUT2D eigenvalue weighted by atomic mass is 32.2. The maximum absolute atomic E-state index is 6.13. The minimum Gasteiger partial charge on any atom is -0.333 e. The van der Waals surface area contributed by atoms with Crippen LogP contribution >= 0.6 is 11.8 Å². The van der Waals surface area contributed by atoms with Gasteiger partial charge in [-0.3, -0.25) is 0 Å². The Kier molecular flexibility index (Phi) is 3.92. The van der Waals surface area contributed by atoms with Crippen LogP contribution in [0.5, 0.6) is 0 Å². The number of aryl methyl sites for hydroxylation is 1. The number of fused-ring (bicyclic) bond motifs is 1. The topological polar surface area (TPSA) is 54.7 Å². The van der Waals surface area contributed by atoms with Gasteiger partial charge in [0, 0.05) is 11.3 Å². The van der Waals surface area contributed by atoms with Crippen molar-refractivity contribution in [2.75, 3.05) is 0 Å². The number of nitrogens with one attached hydrogen (secondary N) is 1. The number of thioether (sulfide) groups is 1. The minimum absolute atomic E-state index is 0.125. The molecule has 0 spiro atoms. The van der Waals surface area contributed by atoms with Crippen LogP contribution in [0.1, 0.15) is 33.3 Å². The highest BCUT2D eigenvalue weighted by molar-refractivity contribution is 7.99. The van der Waals surface area contributed by atoms with Crippen LogP contribution in [0.15, 0.2) is 23.4 Å². The van der Waals surface area contributed by atoms with E-state index in [-0.39, 0.29) is 11.5 Å². The molecule has 1 aromatic carbocycles. The van der Waals surface area contributed by atoms with E-state index in [1.807, 2.05) is 0 Å². The summed E-state index contributed by atoms with van der Waals surface area (Å²) < 4.78 is 0. The quantitative estimate of drug-likeness (QED) is 0.841. The summed E-state index contributed by atoms with van der Waals surface area (Å²) in [5.41, 5.74) is 9.63. The van der Waals surface area contributed by atoms with Gasteiger partial charge in [-0.25, -0.2) is 4.98 Å². The molecule has 0 amide bonds. The fraction of sp³-hybridized carbons (Fsp3) is 0.533. The molecule has 0 bridgehead atoms. The zero-order valence-corrected chi connectivity index (χ0v) is 13.1. The molecule has 0 fully saturated rings. The lowest BCUT2D eigenvalue weighted by atomic mass is 9.88. The van der Waals surface area contributed by atoms with Gasteiger partial charge in [0.1, 0.15) is 0 Å². The number of benzene rings is 1. The molecule has 2 atom stereocenters. The van der Waals surface area contributed by atoms with E-state index in [0.29, 0.717) is 5.25 Å². The SMILES string of the molecule is Cc1ccc2nc(SC(C(C)N)C(C)(C)C)[nH]c2c1. The van der Waals surface area contributed by atoms with E-state index in [0.717, 1.165) is 16.2 Å². The van der Waals surface area contributed by atoms with Crippen LogP contribution < -0.4 is 5.73 Å². The number of aromatic amines is 1. The first-order valence-corrected chi connectivity index (χ1v) is 7.54. The second-order valence-electron chi connectivity index (χ2n) is 6.33. The predicted molar refractivity (Wildman–Crippen MR) is 83.6 cm³/mol. The van der Waals surface area contributed by atoms with Crippen molar-refractivity contribution in [1.29, 1.82) is 0 Å². The van der Waals surface area contributed by atoms with Gasteiger partial charge in [0.2, 0.25) is 0 Å². The average Bonchev–Trinajstić information content (AvgIpc) is 2.65. The highest BCUT2D eigenvalue weighted by Gasteiger charge is 2.29. The minimum atomic E-state index is 0.125. The van der Waals surface area contributed by atoms with Crippen LogP contribution in [0.4, 0.5) is 0 Å². The van der Waals surface area contributed by atoms with Gasteiger partial charge < -0.3 is 10.7 Å². The number of hydrogen-bond acceptors (Lipinski definition) is 3. The van der Waals surface area contributed by atoms with E-state index in [2.05, 4.69) is 62.8 Å². The van der Waals surface area contributed by atoms with Crippen LogP contribution in [0, 0.1) is 12.3 Å². The lowest BCUT2D eigenvalue weighted by Crippen LogP contribution is -2.38. The van der Waals surface area contributed by atoms with Crippen molar-refractivity contribution < 1.29 is 0 Å². The first-order chi connectivity index (χ1) is 8.77. The molecule has 2 unspecified atom stereocenters. The standard InChI is InChI=1S/C15H23N3S/c1-9-6-7-11-12(8-9)18-14(17-11)19-13(10(2)16)15(3,4)5/h6-8,10,13H,16H2,1-5H3,(H,17,18). The fourth-order valence-electron chi connectivity index (χ4n) is 2.35. The van der Waals surface area contributed by atoms with Gasteiger partial charge in [-0.15, -0.1) is 0 Å². The average molecular weight is 277 g/mol. The van der Waals surface area contributed by atoms with Gasteiger partial charge in [-0.05, 0) is 37.0 Å². The van der Waals surface area contributed by atoms with Gasteiger partial charge in [-0.1, -0.05) is 38.6 Å². The van der Waals surface area contributed by atoms with E-state index in [1.54, 1.807) is 11.8 Å². The number of nitrogens with zero attached hydrogens (tertiary/aromatic N) is 1. The van der Waals surface area contributed by atoms with Gasteiger partial charge in [0.15, 0.2) is 5.16 Å². The Morgan fingerprint density at radius 3 is 2.58 bits per heavy atom. The number of imidazole rings is 1. The molecule has 1 aromatic heterocycles. The van der Waals surface area contributed by atoms with E-state index in [4.69, 9.17) is 5.73 Å². The summed E-state index contributed by atoms with van der Waals surface area (Å²) in [5, 5.41) is 1.28. The first kappa shape index (κ1) is 14.4.